The van der Waals surface area contributed by atoms with Crippen LogP contribution in [0.25, 0.3) is 17.0 Å². The van der Waals surface area contributed by atoms with Gasteiger partial charge in [-0.25, -0.2) is 9.48 Å². The number of esters is 1. The molecule has 0 bridgehead atoms. The van der Waals surface area contributed by atoms with E-state index in [1.54, 1.807) is 42.9 Å². The summed E-state index contributed by atoms with van der Waals surface area (Å²) < 4.78 is 13.8. The van der Waals surface area contributed by atoms with E-state index in [9.17, 15) is 24.5 Å². The first-order valence-corrected chi connectivity index (χ1v) is 10.9. The van der Waals surface area contributed by atoms with E-state index in [-0.39, 0.29) is 17.1 Å². The number of amides is 1. The van der Waals surface area contributed by atoms with Gasteiger partial charge in [0.15, 0.2) is 6.10 Å². The van der Waals surface area contributed by atoms with Crippen LogP contribution in [0.5, 0.6) is 0 Å². The highest BCUT2D eigenvalue weighted by Gasteiger charge is 2.25. The number of anilines is 1. The molecule has 11 heteroatoms. The summed E-state index contributed by atoms with van der Waals surface area (Å²) >= 11 is 0. The van der Waals surface area contributed by atoms with Crippen LogP contribution >= 0.6 is 0 Å². The first-order chi connectivity index (χ1) is 17.2. The van der Waals surface area contributed by atoms with Crippen LogP contribution in [0.1, 0.15) is 23.2 Å². The molecule has 0 fully saturated rings. The Balaban J connectivity index is 1.45. The van der Waals surface area contributed by atoms with Crippen LogP contribution in [0.3, 0.4) is 0 Å². The number of nitrogens with zero attached hydrogens (tertiary/aromatic N) is 3. The zero-order valence-corrected chi connectivity index (χ0v) is 19.6. The number of nitrogens with one attached hydrogen (secondary N) is 1. The lowest BCUT2D eigenvalue weighted by atomic mass is 10.1. The molecule has 2 heterocycles. The minimum atomic E-state index is -1.23. The van der Waals surface area contributed by atoms with E-state index in [0.29, 0.717) is 22.7 Å². The molecule has 36 heavy (non-hydrogen) atoms. The van der Waals surface area contributed by atoms with Crippen LogP contribution in [0.4, 0.5) is 11.4 Å². The molecule has 1 amide bonds. The highest BCUT2D eigenvalue weighted by molar-refractivity contribution is 5.97. The van der Waals surface area contributed by atoms with Crippen molar-refractivity contribution in [1.29, 1.82) is 0 Å². The molecule has 0 aliphatic carbocycles. The Hall–Kier alpha value is -4.93. The monoisotopic (exact) mass is 490 g/mol. The summed E-state index contributed by atoms with van der Waals surface area (Å²) in [4.78, 5) is 48.5. The van der Waals surface area contributed by atoms with Crippen LogP contribution in [0, 0.1) is 17.0 Å². The van der Waals surface area contributed by atoms with Gasteiger partial charge in [-0.2, -0.15) is 0 Å². The van der Waals surface area contributed by atoms with Crippen molar-refractivity contribution >= 4 is 23.3 Å². The maximum absolute atomic E-state index is 13.0. The number of ether oxygens (including phenoxy) is 1. The number of rotatable bonds is 7. The zero-order valence-electron chi connectivity index (χ0n) is 19.6. The molecule has 0 aliphatic rings. The fourth-order valence-corrected chi connectivity index (χ4v) is 3.56. The van der Waals surface area contributed by atoms with E-state index in [2.05, 4.69) is 5.32 Å². The summed E-state index contributed by atoms with van der Waals surface area (Å²) in [7, 11) is 1.70. The highest BCUT2D eigenvalue weighted by Crippen LogP contribution is 2.25. The Morgan fingerprint density at radius 1 is 1.06 bits per heavy atom. The second kappa shape index (κ2) is 9.74. The first-order valence-electron chi connectivity index (χ1n) is 10.9. The predicted octanol–water partition coefficient (Wildman–Crippen LogP) is 3.84. The summed E-state index contributed by atoms with van der Waals surface area (Å²) in [6.07, 6.45) is -1.23. The number of carbonyl (C=O) groups is 2. The molecule has 11 nitrogen and oxygen atoms in total. The number of furan rings is 1. The lowest BCUT2D eigenvalue weighted by molar-refractivity contribution is -0.384. The van der Waals surface area contributed by atoms with Crippen LogP contribution in [-0.4, -0.2) is 32.3 Å². The van der Waals surface area contributed by atoms with Gasteiger partial charge in [0.1, 0.15) is 11.4 Å². The molecule has 0 saturated carbocycles. The Morgan fingerprint density at radius 2 is 1.72 bits per heavy atom. The molecule has 0 radical (unpaired) electrons. The Labute approximate surface area is 204 Å². The van der Waals surface area contributed by atoms with Crippen LogP contribution in [0.15, 0.2) is 75.9 Å². The van der Waals surface area contributed by atoms with E-state index >= 15 is 0 Å². The van der Waals surface area contributed by atoms with Gasteiger partial charge in [0.05, 0.1) is 16.3 Å². The van der Waals surface area contributed by atoms with Gasteiger partial charge in [0, 0.05) is 24.7 Å². The first kappa shape index (κ1) is 24.2. The Bertz CT molecular complexity index is 1500. The van der Waals surface area contributed by atoms with Crippen LogP contribution in [0.2, 0.25) is 0 Å². The number of nitro groups is 1. The van der Waals surface area contributed by atoms with Crippen molar-refractivity contribution in [2.75, 3.05) is 5.32 Å². The summed E-state index contributed by atoms with van der Waals surface area (Å²) in [6.45, 7) is 3.07. The van der Waals surface area contributed by atoms with Crippen molar-refractivity contribution in [3.8, 4) is 17.0 Å². The summed E-state index contributed by atoms with van der Waals surface area (Å²) in [5.41, 5.74) is 1.26. The summed E-state index contributed by atoms with van der Waals surface area (Å²) in [5.74, 6) is -1.41. The summed E-state index contributed by atoms with van der Waals surface area (Å²) in [5, 5.41) is 13.4. The molecule has 1 atom stereocenters. The molecule has 1 N–H and O–H groups in total. The average Bonchev–Trinajstić information content (AvgIpc) is 3.44. The van der Waals surface area contributed by atoms with Gasteiger partial charge in [-0.3, -0.25) is 24.4 Å². The number of para-hydroxylation sites is 1. The van der Waals surface area contributed by atoms with Crippen molar-refractivity contribution < 1.29 is 23.7 Å². The van der Waals surface area contributed by atoms with Gasteiger partial charge in [-0.15, -0.1) is 0 Å². The lowest BCUT2D eigenvalue weighted by Gasteiger charge is -2.12. The second-order valence-electron chi connectivity index (χ2n) is 7.94. The third-order valence-corrected chi connectivity index (χ3v) is 5.63. The lowest BCUT2D eigenvalue weighted by Crippen LogP contribution is -2.32. The quantitative estimate of drug-likeness (QED) is 0.236. The van der Waals surface area contributed by atoms with Crippen LogP contribution in [-0.2, 0) is 16.6 Å². The maximum Gasteiger partial charge on any atom is 0.375 e. The Morgan fingerprint density at radius 3 is 2.36 bits per heavy atom. The molecular weight excluding hydrogens is 468 g/mol. The molecule has 2 aromatic carbocycles. The van der Waals surface area contributed by atoms with Gasteiger partial charge in [-0.05, 0) is 50.2 Å². The van der Waals surface area contributed by atoms with Gasteiger partial charge in [0.2, 0.25) is 5.76 Å². The van der Waals surface area contributed by atoms with Gasteiger partial charge in [0.25, 0.3) is 17.2 Å². The van der Waals surface area contributed by atoms with Gasteiger partial charge >= 0.3 is 5.97 Å². The minimum absolute atomic E-state index is 0.0750. The van der Waals surface area contributed by atoms with E-state index in [1.165, 1.54) is 48.0 Å². The van der Waals surface area contributed by atoms with Crippen molar-refractivity contribution in [2.24, 2.45) is 7.05 Å². The fraction of sp³-hybridized carbons (Fsp3) is 0.160. The number of benzene rings is 2. The summed E-state index contributed by atoms with van der Waals surface area (Å²) in [6, 6.07) is 17.5. The number of hydrogen-bond donors (Lipinski definition) is 1. The average molecular weight is 490 g/mol. The van der Waals surface area contributed by atoms with Crippen LogP contribution < -0.4 is 10.9 Å². The van der Waals surface area contributed by atoms with E-state index in [0.717, 1.165) is 0 Å². The third-order valence-electron chi connectivity index (χ3n) is 5.63. The molecule has 0 aliphatic heterocycles. The smallest absolute Gasteiger partial charge is 0.375 e. The zero-order chi connectivity index (χ0) is 26.0. The largest absolute Gasteiger partial charge is 0.449 e. The van der Waals surface area contributed by atoms with Crippen molar-refractivity contribution in [2.45, 2.75) is 20.0 Å². The topological polar surface area (TPSA) is 139 Å². The number of aromatic nitrogens is 2. The van der Waals surface area contributed by atoms with Crippen molar-refractivity contribution in [3.63, 3.8) is 0 Å². The normalized spacial score (nSPS) is 11.6. The molecule has 184 valence electrons. The maximum atomic E-state index is 13.0. The standard InChI is InChI=1S/C25H22N4O7/c1-15-22(24(31)28(27(15)3)18-7-5-4-6-8-18)26-23(30)16(2)35-25(32)21-14-13-20(36-21)17-9-11-19(12-10-17)29(33)34/h4-14,16H,1-3H3,(H,26,30)/t16-/m1/s1. The number of non-ortho nitro benzene ring substituents is 1. The fourth-order valence-electron chi connectivity index (χ4n) is 3.56. The SMILES string of the molecule is Cc1c(NC(=O)[C@@H](C)OC(=O)c2ccc(-c3ccc([N+](=O)[O-])cc3)o2)c(=O)n(-c2ccccc2)n1C. The molecule has 0 spiro atoms. The van der Waals surface area contributed by atoms with E-state index in [1.807, 2.05) is 6.07 Å². The molecule has 0 unspecified atom stereocenters. The van der Waals surface area contributed by atoms with Crippen molar-refractivity contribution in [1.82, 2.24) is 9.36 Å². The molecule has 2 aromatic heterocycles. The molecule has 4 rings (SSSR count). The highest BCUT2D eigenvalue weighted by atomic mass is 16.6. The van der Waals surface area contributed by atoms with Gasteiger partial charge in [-0.1, -0.05) is 18.2 Å². The van der Waals surface area contributed by atoms with Crippen molar-refractivity contribution in [3.05, 3.63) is 98.7 Å². The third kappa shape index (κ3) is 4.67. The molecular formula is C25H22N4O7. The second-order valence-corrected chi connectivity index (χ2v) is 7.94. The predicted molar refractivity (Wildman–Crippen MR) is 130 cm³/mol. The number of carbonyl (C=O) groups excluding carboxylic acids is 2. The number of hydrogen-bond acceptors (Lipinski definition) is 7. The van der Waals surface area contributed by atoms with E-state index < -0.39 is 28.5 Å². The minimum Gasteiger partial charge on any atom is -0.449 e. The molecule has 0 saturated heterocycles. The van der Waals surface area contributed by atoms with E-state index in [4.69, 9.17) is 9.15 Å². The molecule has 4 aromatic rings. The number of nitro benzene ring substituents is 1. The van der Waals surface area contributed by atoms with Gasteiger partial charge < -0.3 is 14.5 Å². The Kier molecular flexibility index (Phi) is 6.55.